The van der Waals surface area contributed by atoms with Gasteiger partial charge in [-0.15, -0.1) is 11.3 Å². The molecule has 2 heterocycles. The molecule has 0 spiro atoms. The van der Waals surface area contributed by atoms with Gasteiger partial charge in [0.05, 0.1) is 22.2 Å². The van der Waals surface area contributed by atoms with E-state index >= 15 is 0 Å². The van der Waals surface area contributed by atoms with Gasteiger partial charge < -0.3 is 10.1 Å². The summed E-state index contributed by atoms with van der Waals surface area (Å²) in [5.74, 6) is -0.332. The van der Waals surface area contributed by atoms with Gasteiger partial charge >= 0.3 is 5.82 Å². The Labute approximate surface area is 107 Å². The number of carbonyl (C=O) groups excluding carboxylic acids is 1. The molecule has 0 N–H and O–H groups in total. The van der Waals surface area contributed by atoms with Crippen LogP contribution in [0.25, 0.3) is 0 Å². The number of hydrogen-bond donors (Lipinski definition) is 0. The standard InChI is InChI=1S/C11H11N3O3S/c1-2-8-3-4-10(18-8)9(15)7-13-6-5-11(12-13)14(16)17/h3-6H,2,7H2,1H3. The van der Waals surface area contributed by atoms with E-state index in [1.807, 2.05) is 13.0 Å². The summed E-state index contributed by atoms with van der Waals surface area (Å²) < 4.78 is 1.28. The Kier molecular flexibility index (Phi) is 3.52. The van der Waals surface area contributed by atoms with Crippen LogP contribution in [0, 0.1) is 10.1 Å². The van der Waals surface area contributed by atoms with Crippen LogP contribution in [0.1, 0.15) is 21.5 Å². The largest absolute Gasteiger partial charge is 0.389 e. The number of hydrogen-bond acceptors (Lipinski definition) is 5. The van der Waals surface area contributed by atoms with Crippen molar-refractivity contribution in [2.45, 2.75) is 19.9 Å². The predicted octanol–water partition coefficient (Wildman–Crippen LogP) is 2.30. The number of rotatable bonds is 5. The Morgan fingerprint density at radius 3 is 2.83 bits per heavy atom. The van der Waals surface area contributed by atoms with Crippen LogP contribution < -0.4 is 0 Å². The molecule has 7 heteroatoms. The van der Waals surface area contributed by atoms with Crippen molar-refractivity contribution in [3.8, 4) is 0 Å². The van der Waals surface area contributed by atoms with Gasteiger partial charge in [-0.25, -0.2) is 0 Å². The number of aromatic nitrogens is 2. The maximum atomic E-state index is 11.9. The summed E-state index contributed by atoms with van der Waals surface area (Å²) in [4.78, 5) is 23.6. The van der Waals surface area contributed by atoms with Gasteiger partial charge in [0.1, 0.15) is 6.54 Å². The van der Waals surface area contributed by atoms with Crippen molar-refractivity contribution in [2.24, 2.45) is 0 Å². The molecule has 94 valence electrons. The average Bonchev–Trinajstić information content (AvgIpc) is 2.96. The number of nitro groups is 1. The molecule has 18 heavy (non-hydrogen) atoms. The summed E-state index contributed by atoms with van der Waals surface area (Å²) in [5.41, 5.74) is 0. The fourth-order valence-electron chi connectivity index (χ4n) is 1.48. The first-order valence-corrected chi connectivity index (χ1v) is 6.21. The van der Waals surface area contributed by atoms with Crippen LogP contribution >= 0.6 is 11.3 Å². The number of carbonyl (C=O) groups is 1. The minimum atomic E-state index is -0.582. The lowest BCUT2D eigenvalue weighted by Gasteiger charge is -1.94. The van der Waals surface area contributed by atoms with Gasteiger partial charge in [-0.1, -0.05) is 6.92 Å². The van der Waals surface area contributed by atoms with Crippen molar-refractivity contribution in [3.05, 3.63) is 44.3 Å². The molecular weight excluding hydrogens is 254 g/mol. The Hall–Kier alpha value is -2.02. The second-order valence-corrected chi connectivity index (χ2v) is 4.84. The van der Waals surface area contributed by atoms with Gasteiger partial charge in [-0.2, -0.15) is 4.68 Å². The van der Waals surface area contributed by atoms with E-state index in [1.165, 1.54) is 28.3 Å². The molecule has 0 aliphatic rings. The SMILES string of the molecule is CCc1ccc(C(=O)Cn2ccc([N+](=O)[O-])n2)s1. The van der Waals surface area contributed by atoms with Gasteiger partial charge in [-0.05, 0) is 23.5 Å². The first-order chi connectivity index (χ1) is 8.60. The molecule has 0 fully saturated rings. The zero-order chi connectivity index (χ0) is 13.1. The second kappa shape index (κ2) is 5.09. The normalized spacial score (nSPS) is 10.5. The van der Waals surface area contributed by atoms with Gasteiger partial charge in [0.15, 0.2) is 5.78 Å². The molecule has 0 aliphatic carbocycles. The van der Waals surface area contributed by atoms with Crippen LogP contribution in [0.15, 0.2) is 24.4 Å². The van der Waals surface area contributed by atoms with Crippen molar-refractivity contribution in [1.29, 1.82) is 0 Å². The number of ketones is 1. The third-order valence-electron chi connectivity index (χ3n) is 2.40. The van der Waals surface area contributed by atoms with Crippen LogP contribution in [0.3, 0.4) is 0 Å². The van der Waals surface area contributed by atoms with E-state index in [0.717, 1.165) is 11.3 Å². The van der Waals surface area contributed by atoms with Gasteiger partial charge in [0, 0.05) is 4.88 Å². The molecule has 2 rings (SSSR count). The lowest BCUT2D eigenvalue weighted by Crippen LogP contribution is -2.09. The van der Waals surface area contributed by atoms with Gasteiger partial charge in [0.2, 0.25) is 0 Å². The average molecular weight is 265 g/mol. The smallest absolute Gasteiger partial charge is 0.358 e. The van der Waals surface area contributed by atoms with E-state index in [1.54, 1.807) is 6.07 Å². The molecule has 0 radical (unpaired) electrons. The van der Waals surface area contributed by atoms with Crippen LogP contribution in [-0.2, 0) is 13.0 Å². The van der Waals surface area contributed by atoms with E-state index in [4.69, 9.17) is 0 Å². The summed E-state index contributed by atoms with van der Waals surface area (Å²) in [7, 11) is 0. The van der Waals surface area contributed by atoms with Crippen LogP contribution in [0.4, 0.5) is 5.82 Å². The first kappa shape index (κ1) is 12.4. The fraction of sp³-hybridized carbons (Fsp3) is 0.273. The van der Waals surface area contributed by atoms with Crippen LogP contribution in [0.5, 0.6) is 0 Å². The Morgan fingerprint density at radius 1 is 1.50 bits per heavy atom. The Morgan fingerprint density at radius 2 is 2.28 bits per heavy atom. The summed E-state index contributed by atoms with van der Waals surface area (Å²) >= 11 is 1.45. The molecule has 0 unspecified atom stereocenters. The van der Waals surface area contributed by atoms with E-state index < -0.39 is 4.92 Å². The molecule has 0 bridgehead atoms. The molecule has 0 saturated carbocycles. The molecule has 2 aromatic rings. The van der Waals surface area contributed by atoms with E-state index in [0.29, 0.717) is 4.88 Å². The lowest BCUT2D eigenvalue weighted by molar-refractivity contribution is -0.389. The summed E-state index contributed by atoms with van der Waals surface area (Å²) in [6.45, 7) is 2.05. The Balaban J connectivity index is 2.08. The maximum Gasteiger partial charge on any atom is 0.389 e. The highest BCUT2D eigenvalue weighted by Gasteiger charge is 2.15. The van der Waals surface area contributed by atoms with Crippen molar-refractivity contribution in [2.75, 3.05) is 0 Å². The summed E-state index contributed by atoms with van der Waals surface area (Å²) in [6, 6.07) is 4.98. The van der Waals surface area contributed by atoms with E-state index in [-0.39, 0.29) is 18.1 Å². The Bertz CT molecular complexity index is 588. The monoisotopic (exact) mass is 265 g/mol. The number of nitrogens with zero attached hydrogens (tertiary/aromatic N) is 3. The van der Waals surface area contributed by atoms with Gasteiger partial charge in [0.25, 0.3) is 0 Å². The zero-order valence-corrected chi connectivity index (χ0v) is 10.5. The van der Waals surface area contributed by atoms with Gasteiger partial charge in [-0.3, -0.25) is 4.79 Å². The third-order valence-corrected chi connectivity index (χ3v) is 3.67. The molecule has 0 atom stereocenters. The minimum absolute atomic E-state index is 0.0253. The molecule has 0 amide bonds. The predicted molar refractivity (Wildman–Crippen MR) is 66.9 cm³/mol. The molecule has 0 aromatic carbocycles. The zero-order valence-electron chi connectivity index (χ0n) is 9.70. The second-order valence-electron chi connectivity index (χ2n) is 3.67. The highest BCUT2D eigenvalue weighted by atomic mass is 32.1. The topological polar surface area (TPSA) is 78.0 Å². The minimum Gasteiger partial charge on any atom is -0.358 e. The van der Waals surface area contributed by atoms with Crippen molar-refractivity contribution < 1.29 is 9.72 Å². The number of Topliss-reactive ketones (excluding diaryl/α,β-unsaturated/α-hetero) is 1. The first-order valence-electron chi connectivity index (χ1n) is 5.40. The summed E-state index contributed by atoms with van der Waals surface area (Å²) in [6.07, 6.45) is 2.33. The third kappa shape index (κ3) is 2.62. The number of aryl methyl sites for hydroxylation is 1. The molecule has 0 aliphatic heterocycles. The lowest BCUT2D eigenvalue weighted by atomic mass is 10.3. The highest BCUT2D eigenvalue weighted by molar-refractivity contribution is 7.14. The molecule has 6 nitrogen and oxygen atoms in total. The van der Waals surface area contributed by atoms with Crippen molar-refractivity contribution >= 4 is 22.9 Å². The molecular formula is C11H11N3O3S. The fourth-order valence-corrected chi connectivity index (χ4v) is 2.36. The molecule has 2 aromatic heterocycles. The van der Waals surface area contributed by atoms with Crippen molar-refractivity contribution in [3.63, 3.8) is 0 Å². The molecule has 0 saturated heterocycles. The highest BCUT2D eigenvalue weighted by Crippen LogP contribution is 2.18. The van der Waals surface area contributed by atoms with Crippen LogP contribution in [-0.4, -0.2) is 20.5 Å². The maximum absolute atomic E-state index is 11.9. The van der Waals surface area contributed by atoms with Crippen LogP contribution in [0.2, 0.25) is 0 Å². The van der Waals surface area contributed by atoms with E-state index in [9.17, 15) is 14.9 Å². The van der Waals surface area contributed by atoms with E-state index in [2.05, 4.69) is 5.10 Å². The van der Waals surface area contributed by atoms with Crippen molar-refractivity contribution in [1.82, 2.24) is 9.78 Å². The quantitative estimate of drug-likeness (QED) is 0.472. The summed E-state index contributed by atoms with van der Waals surface area (Å²) in [5, 5.41) is 14.2. The number of thiophene rings is 1.